The van der Waals surface area contributed by atoms with Crippen LogP contribution >= 0.6 is 0 Å². The van der Waals surface area contributed by atoms with Gasteiger partial charge in [-0.25, -0.2) is 0 Å². The highest BCUT2D eigenvalue weighted by molar-refractivity contribution is 5.02. The Labute approximate surface area is 73.5 Å². The highest BCUT2D eigenvalue weighted by Gasteiger charge is 2.34. The van der Waals surface area contributed by atoms with E-state index in [1.807, 2.05) is 0 Å². The molecule has 2 heteroatoms. The molecule has 68 valence electrons. The van der Waals surface area contributed by atoms with E-state index < -0.39 is 0 Å². The smallest absolute Gasteiger partial charge is 0.188 e. The third-order valence-electron chi connectivity index (χ3n) is 2.51. The number of hydrogen-bond acceptors (Lipinski definition) is 2. The fourth-order valence-corrected chi connectivity index (χ4v) is 1.88. The summed E-state index contributed by atoms with van der Waals surface area (Å²) in [6.45, 7) is 2.94. The van der Waals surface area contributed by atoms with Gasteiger partial charge in [0.15, 0.2) is 5.79 Å². The summed E-state index contributed by atoms with van der Waals surface area (Å²) < 4.78 is 11.5. The van der Waals surface area contributed by atoms with Gasteiger partial charge in [-0.1, -0.05) is 6.08 Å². The summed E-state index contributed by atoms with van der Waals surface area (Å²) in [6, 6.07) is 0. The molecule has 0 unspecified atom stereocenters. The third kappa shape index (κ3) is 1.54. The lowest BCUT2D eigenvalue weighted by Gasteiger charge is -2.38. The molecule has 2 nitrogen and oxygen atoms in total. The van der Waals surface area contributed by atoms with Crippen LogP contribution in [-0.2, 0) is 9.47 Å². The SMILES string of the molecule is C[C@H]1CC=C[C@@]2(CCCCO2)O1. The van der Waals surface area contributed by atoms with Crippen molar-refractivity contribution in [1.29, 1.82) is 0 Å². The first-order chi connectivity index (χ1) is 5.81. The van der Waals surface area contributed by atoms with Gasteiger partial charge < -0.3 is 9.47 Å². The minimum Gasteiger partial charge on any atom is -0.346 e. The maximum Gasteiger partial charge on any atom is 0.188 e. The molecule has 0 bridgehead atoms. The summed E-state index contributed by atoms with van der Waals surface area (Å²) in [6.07, 6.45) is 9.02. The first kappa shape index (κ1) is 8.27. The monoisotopic (exact) mass is 168 g/mol. The Bertz CT molecular complexity index is 180. The molecule has 0 aromatic rings. The number of hydrogen-bond donors (Lipinski definition) is 0. The van der Waals surface area contributed by atoms with Crippen molar-refractivity contribution in [2.24, 2.45) is 0 Å². The Balaban J connectivity index is 2.07. The van der Waals surface area contributed by atoms with Crippen molar-refractivity contribution >= 4 is 0 Å². The molecule has 2 rings (SSSR count). The predicted octanol–water partition coefficient (Wildman–Crippen LogP) is 2.25. The lowest BCUT2D eigenvalue weighted by molar-refractivity contribution is -0.246. The van der Waals surface area contributed by atoms with E-state index in [0.29, 0.717) is 6.10 Å². The van der Waals surface area contributed by atoms with Crippen LogP contribution in [0.1, 0.15) is 32.6 Å². The van der Waals surface area contributed by atoms with Gasteiger partial charge in [-0.05, 0) is 32.3 Å². The van der Waals surface area contributed by atoms with Crippen LogP contribution in [0.5, 0.6) is 0 Å². The molecule has 12 heavy (non-hydrogen) atoms. The predicted molar refractivity (Wildman–Crippen MR) is 46.8 cm³/mol. The molecule has 2 aliphatic heterocycles. The van der Waals surface area contributed by atoms with Crippen molar-refractivity contribution in [3.05, 3.63) is 12.2 Å². The average Bonchev–Trinajstić information content (AvgIpc) is 2.05. The summed E-state index contributed by atoms with van der Waals surface area (Å²) >= 11 is 0. The van der Waals surface area contributed by atoms with E-state index in [2.05, 4.69) is 19.1 Å². The molecule has 0 amide bonds. The molecule has 0 radical (unpaired) electrons. The van der Waals surface area contributed by atoms with Crippen LogP contribution in [-0.4, -0.2) is 18.5 Å². The molecule has 1 saturated heterocycles. The van der Waals surface area contributed by atoms with Crippen molar-refractivity contribution in [2.75, 3.05) is 6.61 Å². The second-order valence-electron chi connectivity index (χ2n) is 3.68. The van der Waals surface area contributed by atoms with Crippen molar-refractivity contribution in [2.45, 2.75) is 44.5 Å². The lowest BCUT2D eigenvalue weighted by Crippen LogP contribution is -2.41. The third-order valence-corrected chi connectivity index (χ3v) is 2.51. The molecule has 0 aliphatic carbocycles. The van der Waals surface area contributed by atoms with E-state index in [1.54, 1.807) is 0 Å². The molecule has 0 saturated carbocycles. The summed E-state index contributed by atoms with van der Waals surface area (Å²) in [7, 11) is 0. The van der Waals surface area contributed by atoms with Gasteiger partial charge in [0.2, 0.25) is 0 Å². The Kier molecular flexibility index (Phi) is 2.20. The minimum absolute atomic E-state index is 0.313. The van der Waals surface area contributed by atoms with Crippen LogP contribution in [0.4, 0.5) is 0 Å². The zero-order chi connectivity index (χ0) is 8.44. The molecule has 1 spiro atoms. The molecule has 2 heterocycles. The lowest BCUT2D eigenvalue weighted by atomic mass is 10.0. The maximum atomic E-state index is 5.81. The molecule has 0 N–H and O–H groups in total. The van der Waals surface area contributed by atoms with Gasteiger partial charge in [0.1, 0.15) is 0 Å². The van der Waals surface area contributed by atoms with E-state index >= 15 is 0 Å². The van der Waals surface area contributed by atoms with Gasteiger partial charge in [0, 0.05) is 6.42 Å². The maximum absolute atomic E-state index is 5.81. The molecule has 1 fully saturated rings. The standard InChI is InChI=1S/C10H16O2/c1-9-5-4-7-10(12-9)6-2-3-8-11-10/h4,7,9H,2-3,5-6,8H2,1H3/t9-,10+/m0/s1. The fraction of sp³-hybridized carbons (Fsp3) is 0.800. The van der Waals surface area contributed by atoms with Crippen LogP contribution in [0.2, 0.25) is 0 Å². The first-order valence-electron chi connectivity index (χ1n) is 4.80. The minimum atomic E-state index is -0.351. The van der Waals surface area contributed by atoms with Gasteiger partial charge >= 0.3 is 0 Å². The van der Waals surface area contributed by atoms with Gasteiger partial charge in [0.05, 0.1) is 12.7 Å². The summed E-state index contributed by atoms with van der Waals surface area (Å²) in [4.78, 5) is 0. The molecule has 2 atom stereocenters. The molecule has 0 aromatic heterocycles. The Morgan fingerprint density at radius 2 is 2.33 bits per heavy atom. The normalized spacial score (nSPS) is 41.9. The fourth-order valence-electron chi connectivity index (χ4n) is 1.88. The van der Waals surface area contributed by atoms with Gasteiger partial charge in [0.25, 0.3) is 0 Å². The van der Waals surface area contributed by atoms with Gasteiger partial charge in [-0.3, -0.25) is 0 Å². The van der Waals surface area contributed by atoms with Crippen molar-refractivity contribution in [1.82, 2.24) is 0 Å². The van der Waals surface area contributed by atoms with E-state index in [-0.39, 0.29) is 5.79 Å². The van der Waals surface area contributed by atoms with Crippen LogP contribution in [0.3, 0.4) is 0 Å². The quantitative estimate of drug-likeness (QED) is 0.516. The highest BCUT2D eigenvalue weighted by atomic mass is 16.7. The van der Waals surface area contributed by atoms with E-state index in [9.17, 15) is 0 Å². The molecular formula is C10H16O2. The molecule has 0 aromatic carbocycles. The second kappa shape index (κ2) is 3.19. The molecule has 2 aliphatic rings. The van der Waals surface area contributed by atoms with Crippen LogP contribution in [0, 0.1) is 0 Å². The largest absolute Gasteiger partial charge is 0.346 e. The topological polar surface area (TPSA) is 18.5 Å². The Hall–Kier alpha value is -0.340. The van der Waals surface area contributed by atoms with Gasteiger partial charge in [-0.2, -0.15) is 0 Å². The van der Waals surface area contributed by atoms with E-state index in [0.717, 1.165) is 19.4 Å². The zero-order valence-electron chi connectivity index (χ0n) is 7.58. The first-order valence-corrected chi connectivity index (χ1v) is 4.80. The average molecular weight is 168 g/mol. The summed E-state index contributed by atoms with van der Waals surface area (Å²) in [5, 5.41) is 0. The second-order valence-corrected chi connectivity index (χ2v) is 3.68. The summed E-state index contributed by atoms with van der Waals surface area (Å²) in [5.41, 5.74) is 0. The number of rotatable bonds is 0. The van der Waals surface area contributed by atoms with Crippen molar-refractivity contribution < 1.29 is 9.47 Å². The van der Waals surface area contributed by atoms with Crippen LogP contribution in [0.25, 0.3) is 0 Å². The van der Waals surface area contributed by atoms with Crippen molar-refractivity contribution in [3.63, 3.8) is 0 Å². The molecular weight excluding hydrogens is 152 g/mol. The van der Waals surface area contributed by atoms with Crippen LogP contribution < -0.4 is 0 Å². The van der Waals surface area contributed by atoms with Crippen LogP contribution in [0.15, 0.2) is 12.2 Å². The Morgan fingerprint density at radius 1 is 1.42 bits per heavy atom. The van der Waals surface area contributed by atoms with Crippen molar-refractivity contribution in [3.8, 4) is 0 Å². The highest BCUT2D eigenvalue weighted by Crippen LogP contribution is 2.32. The summed E-state index contributed by atoms with van der Waals surface area (Å²) in [5.74, 6) is -0.351. The van der Waals surface area contributed by atoms with E-state index in [4.69, 9.17) is 9.47 Å². The van der Waals surface area contributed by atoms with Gasteiger partial charge in [-0.15, -0.1) is 0 Å². The zero-order valence-corrected chi connectivity index (χ0v) is 7.58. The van der Waals surface area contributed by atoms with E-state index in [1.165, 1.54) is 12.8 Å². The number of ether oxygens (including phenoxy) is 2. The Morgan fingerprint density at radius 3 is 3.00 bits per heavy atom.